The van der Waals surface area contributed by atoms with Gasteiger partial charge in [-0.1, -0.05) is 0 Å². The van der Waals surface area contributed by atoms with Crippen LogP contribution in [0, 0.1) is 13.8 Å². The third kappa shape index (κ3) is 2.66. The second-order valence-corrected chi connectivity index (χ2v) is 7.80. The Labute approximate surface area is 141 Å². The molecule has 0 bridgehead atoms. The average molecular weight is 353 g/mol. The predicted molar refractivity (Wildman–Crippen MR) is 88.0 cm³/mol. The van der Waals surface area contributed by atoms with Crippen molar-refractivity contribution in [2.45, 2.75) is 50.8 Å². The fraction of sp³-hybridized carbons (Fsp3) is 0.600. The molecule has 0 aromatic carbocycles. The van der Waals surface area contributed by atoms with Gasteiger partial charge in [-0.2, -0.15) is 9.40 Å². The van der Waals surface area contributed by atoms with Crippen LogP contribution in [-0.2, 0) is 21.3 Å². The second-order valence-electron chi connectivity index (χ2n) is 5.97. The summed E-state index contributed by atoms with van der Waals surface area (Å²) in [6.45, 7) is 6.41. The predicted octanol–water partition coefficient (Wildman–Crippen LogP) is 1.39. The molecule has 1 fully saturated rings. The molecule has 0 saturated carbocycles. The standard InChI is InChI=1S/C15H23N5O3S/c1-5-19-11(3)14(10(2)18-19)24(21,22)20-9-12(23-4)8-13(20)15-16-6-7-17-15/h6-7,12-13H,5,8-9H2,1-4H3,(H,16,17)/t12-,13?/m1/s1. The van der Waals surface area contributed by atoms with E-state index in [2.05, 4.69) is 15.1 Å². The molecular weight excluding hydrogens is 330 g/mol. The smallest absolute Gasteiger partial charge is 0.247 e. The highest BCUT2D eigenvalue weighted by Gasteiger charge is 2.44. The Balaban J connectivity index is 2.06. The van der Waals surface area contributed by atoms with Crippen LogP contribution in [0.3, 0.4) is 0 Å². The summed E-state index contributed by atoms with van der Waals surface area (Å²) in [5, 5.41) is 4.35. The lowest BCUT2D eigenvalue weighted by atomic mass is 10.2. The zero-order valence-corrected chi connectivity index (χ0v) is 15.2. The van der Waals surface area contributed by atoms with Gasteiger partial charge in [-0.25, -0.2) is 13.4 Å². The molecule has 2 atom stereocenters. The fourth-order valence-corrected chi connectivity index (χ4v) is 5.40. The number of ether oxygens (including phenoxy) is 1. The van der Waals surface area contributed by atoms with Crippen LogP contribution in [0.1, 0.15) is 36.6 Å². The molecule has 1 aliphatic rings. The number of nitrogens with one attached hydrogen (secondary N) is 1. The number of rotatable bonds is 5. The molecule has 9 heteroatoms. The molecule has 1 aliphatic heterocycles. The van der Waals surface area contributed by atoms with E-state index in [1.54, 1.807) is 38.0 Å². The Morgan fingerprint density at radius 2 is 2.17 bits per heavy atom. The summed E-state index contributed by atoms with van der Waals surface area (Å²) in [6, 6.07) is -0.362. The first-order chi connectivity index (χ1) is 11.4. The number of aromatic amines is 1. The molecular formula is C15H23N5O3S. The molecule has 2 aromatic heterocycles. The van der Waals surface area contributed by atoms with Crippen LogP contribution >= 0.6 is 0 Å². The minimum atomic E-state index is -3.70. The van der Waals surface area contributed by atoms with Gasteiger partial charge in [0.2, 0.25) is 10.0 Å². The lowest BCUT2D eigenvalue weighted by molar-refractivity contribution is 0.114. The molecule has 1 unspecified atom stereocenters. The fourth-order valence-electron chi connectivity index (χ4n) is 3.39. The van der Waals surface area contributed by atoms with E-state index in [1.807, 2.05) is 6.92 Å². The third-order valence-corrected chi connectivity index (χ3v) is 6.69. The van der Waals surface area contributed by atoms with Gasteiger partial charge in [0.15, 0.2) is 0 Å². The van der Waals surface area contributed by atoms with Crippen molar-refractivity contribution in [3.63, 3.8) is 0 Å². The van der Waals surface area contributed by atoms with Crippen molar-refractivity contribution in [2.75, 3.05) is 13.7 Å². The molecule has 24 heavy (non-hydrogen) atoms. The van der Waals surface area contributed by atoms with E-state index in [9.17, 15) is 8.42 Å². The van der Waals surface area contributed by atoms with Gasteiger partial charge in [0, 0.05) is 32.6 Å². The van der Waals surface area contributed by atoms with Crippen molar-refractivity contribution >= 4 is 10.0 Å². The summed E-state index contributed by atoms with van der Waals surface area (Å²) in [5.74, 6) is 0.635. The summed E-state index contributed by atoms with van der Waals surface area (Å²) >= 11 is 0. The molecule has 0 aliphatic carbocycles. The van der Waals surface area contributed by atoms with E-state index in [0.717, 1.165) is 0 Å². The number of H-pyrrole nitrogens is 1. The van der Waals surface area contributed by atoms with Crippen LogP contribution in [0.25, 0.3) is 0 Å². The van der Waals surface area contributed by atoms with Crippen LogP contribution in [0.4, 0.5) is 0 Å². The Kier molecular flexibility index (Phi) is 4.50. The lowest BCUT2D eigenvalue weighted by Crippen LogP contribution is -2.33. The van der Waals surface area contributed by atoms with Gasteiger partial charge in [-0.05, 0) is 27.2 Å². The Bertz CT molecular complexity index is 813. The van der Waals surface area contributed by atoms with E-state index in [1.165, 1.54) is 4.31 Å². The Morgan fingerprint density at radius 1 is 1.42 bits per heavy atom. The molecule has 3 heterocycles. The lowest BCUT2D eigenvalue weighted by Gasteiger charge is -2.22. The number of methoxy groups -OCH3 is 1. The zero-order chi connectivity index (χ0) is 17.5. The van der Waals surface area contributed by atoms with E-state index >= 15 is 0 Å². The normalized spacial score (nSPS) is 22.3. The van der Waals surface area contributed by atoms with Crippen molar-refractivity contribution in [3.8, 4) is 0 Å². The molecule has 8 nitrogen and oxygen atoms in total. The molecule has 2 aromatic rings. The molecule has 0 amide bonds. The number of nitrogens with zero attached hydrogens (tertiary/aromatic N) is 4. The highest BCUT2D eigenvalue weighted by atomic mass is 32.2. The topological polar surface area (TPSA) is 93.1 Å². The van der Waals surface area contributed by atoms with Gasteiger partial charge in [0.1, 0.15) is 10.7 Å². The van der Waals surface area contributed by atoms with Crippen LogP contribution in [-0.4, -0.2) is 52.2 Å². The first kappa shape index (κ1) is 17.1. The van der Waals surface area contributed by atoms with E-state index in [-0.39, 0.29) is 17.0 Å². The number of hydrogen-bond donors (Lipinski definition) is 1. The quantitative estimate of drug-likeness (QED) is 0.877. The summed E-state index contributed by atoms with van der Waals surface area (Å²) < 4.78 is 35.3. The highest BCUT2D eigenvalue weighted by Crippen LogP contribution is 2.37. The van der Waals surface area contributed by atoms with Gasteiger partial charge in [0.25, 0.3) is 0 Å². The van der Waals surface area contributed by atoms with E-state index in [4.69, 9.17) is 4.74 Å². The number of hydrogen-bond acceptors (Lipinski definition) is 5. The second kappa shape index (κ2) is 6.30. The summed E-state index contributed by atoms with van der Waals surface area (Å²) in [6.07, 6.45) is 3.75. The number of aryl methyl sites for hydroxylation is 2. The number of imidazole rings is 1. The summed E-state index contributed by atoms with van der Waals surface area (Å²) in [5.41, 5.74) is 1.18. The van der Waals surface area contributed by atoms with Crippen molar-refractivity contribution in [1.82, 2.24) is 24.1 Å². The third-order valence-electron chi connectivity index (χ3n) is 4.57. The van der Waals surface area contributed by atoms with Crippen LogP contribution in [0.15, 0.2) is 17.3 Å². The van der Waals surface area contributed by atoms with Gasteiger partial charge >= 0.3 is 0 Å². The van der Waals surface area contributed by atoms with Crippen molar-refractivity contribution in [2.24, 2.45) is 0 Å². The maximum absolute atomic E-state index is 13.3. The van der Waals surface area contributed by atoms with E-state index in [0.29, 0.717) is 36.7 Å². The molecule has 1 saturated heterocycles. The SMILES string of the molecule is CCn1nc(C)c(S(=O)(=O)N2C[C@H](OC)CC2c2ncc[nH]2)c1C. The van der Waals surface area contributed by atoms with Gasteiger partial charge in [-0.15, -0.1) is 0 Å². The Morgan fingerprint density at radius 3 is 2.71 bits per heavy atom. The Hall–Kier alpha value is -1.71. The molecule has 132 valence electrons. The van der Waals surface area contributed by atoms with Crippen molar-refractivity contribution in [1.29, 1.82) is 0 Å². The molecule has 3 rings (SSSR count). The first-order valence-corrected chi connectivity index (χ1v) is 9.42. The molecule has 0 spiro atoms. The maximum Gasteiger partial charge on any atom is 0.247 e. The van der Waals surface area contributed by atoms with Crippen LogP contribution < -0.4 is 0 Å². The minimum absolute atomic E-state index is 0.156. The highest BCUT2D eigenvalue weighted by molar-refractivity contribution is 7.89. The van der Waals surface area contributed by atoms with Crippen molar-refractivity contribution < 1.29 is 13.2 Å². The largest absolute Gasteiger partial charge is 0.380 e. The summed E-state index contributed by atoms with van der Waals surface area (Å²) in [7, 11) is -2.09. The average Bonchev–Trinajstić information content (AvgIpc) is 3.24. The first-order valence-electron chi connectivity index (χ1n) is 7.98. The number of aromatic nitrogens is 4. The van der Waals surface area contributed by atoms with Gasteiger partial charge < -0.3 is 9.72 Å². The van der Waals surface area contributed by atoms with E-state index < -0.39 is 10.0 Å². The zero-order valence-electron chi connectivity index (χ0n) is 14.4. The monoisotopic (exact) mass is 353 g/mol. The molecule has 1 N–H and O–H groups in total. The van der Waals surface area contributed by atoms with Gasteiger partial charge in [0.05, 0.1) is 23.5 Å². The van der Waals surface area contributed by atoms with Crippen molar-refractivity contribution in [3.05, 3.63) is 29.6 Å². The maximum atomic E-state index is 13.3. The van der Waals surface area contributed by atoms with Gasteiger partial charge in [-0.3, -0.25) is 4.68 Å². The van der Waals surface area contributed by atoms with Crippen LogP contribution in [0.5, 0.6) is 0 Å². The summed E-state index contributed by atoms with van der Waals surface area (Å²) in [4.78, 5) is 7.57. The minimum Gasteiger partial charge on any atom is -0.380 e. The number of sulfonamides is 1. The van der Waals surface area contributed by atoms with Crippen LogP contribution in [0.2, 0.25) is 0 Å². The molecule has 0 radical (unpaired) electrons.